The molecular formula is C28H28N8OS. The number of amides is 1. The molecule has 0 unspecified atom stereocenters. The van der Waals surface area contributed by atoms with Crippen molar-refractivity contribution in [3.05, 3.63) is 88.4 Å². The molecule has 0 spiro atoms. The monoisotopic (exact) mass is 524 g/mol. The second-order valence-electron chi connectivity index (χ2n) is 8.87. The van der Waals surface area contributed by atoms with E-state index in [1.165, 1.54) is 16.9 Å². The van der Waals surface area contributed by atoms with Crippen LogP contribution in [0, 0.1) is 6.92 Å². The van der Waals surface area contributed by atoms with Gasteiger partial charge in [-0.1, -0.05) is 61.5 Å². The average Bonchev–Trinajstić information content (AvgIpc) is 3.61. The Bertz CT molecular complexity index is 1500. The van der Waals surface area contributed by atoms with Gasteiger partial charge in [0.15, 0.2) is 0 Å². The van der Waals surface area contributed by atoms with E-state index in [0.717, 1.165) is 40.6 Å². The quantitative estimate of drug-likeness (QED) is 0.255. The summed E-state index contributed by atoms with van der Waals surface area (Å²) >= 11 is 1.54. The minimum absolute atomic E-state index is 0.130. The third-order valence-corrected chi connectivity index (χ3v) is 6.75. The van der Waals surface area contributed by atoms with Crippen molar-refractivity contribution >= 4 is 28.7 Å². The van der Waals surface area contributed by atoms with Crippen LogP contribution in [0.2, 0.25) is 0 Å². The summed E-state index contributed by atoms with van der Waals surface area (Å²) in [6.07, 6.45) is 1.16. The van der Waals surface area contributed by atoms with Crippen LogP contribution in [0.4, 0.5) is 11.5 Å². The molecule has 38 heavy (non-hydrogen) atoms. The van der Waals surface area contributed by atoms with Crippen molar-refractivity contribution in [2.45, 2.75) is 33.2 Å². The van der Waals surface area contributed by atoms with Gasteiger partial charge in [0.1, 0.15) is 5.82 Å². The Balaban J connectivity index is 1.54. The maximum absolute atomic E-state index is 13.0. The van der Waals surface area contributed by atoms with Gasteiger partial charge in [-0.15, -0.1) is 21.5 Å². The minimum Gasteiger partial charge on any atom is -0.352 e. The van der Waals surface area contributed by atoms with Gasteiger partial charge >= 0.3 is 0 Å². The first kappa shape index (κ1) is 25.2. The van der Waals surface area contributed by atoms with Crippen LogP contribution in [-0.2, 0) is 17.8 Å². The molecule has 2 N–H and O–H groups in total. The molecule has 1 amide bonds. The number of rotatable bonds is 10. The average molecular weight is 525 g/mol. The molecule has 5 rings (SSSR count). The SMILES string of the molecule is CCCN(Cc1ccccc1)c1cc(NC(=O)Cc2csc(C)n2)cc(-c2ccccc2-c2nn[nH]n2)n1. The van der Waals surface area contributed by atoms with Gasteiger partial charge in [0.2, 0.25) is 11.7 Å². The van der Waals surface area contributed by atoms with Gasteiger partial charge in [-0.2, -0.15) is 5.21 Å². The van der Waals surface area contributed by atoms with E-state index in [2.05, 4.69) is 54.9 Å². The van der Waals surface area contributed by atoms with E-state index in [4.69, 9.17) is 4.98 Å². The number of nitrogens with one attached hydrogen (secondary N) is 2. The maximum atomic E-state index is 13.0. The number of pyridine rings is 1. The molecule has 0 fully saturated rings. The zero-order chi connectivity index (χ0) is 26.3. The lowest BCUT2D eigenvalue weighted by Crippen LogP contribution is -2.25. The Morgan fingerprint density at radius 1 is 1.03 bits per heavy atom. The summed E-state index contributed by atoms with van der Waals surface area (Å²) in [6, 6.07) is 21.9. The number of aryl methyl sites for hydroxylation is 1. The van der Waals surface area contributed by atoms with Crippen LogP contribution in [0.3, 0.4) is 0 Å². The minimum atomic E-state index is -0.130. The number of carbonyl (C=O) groups is 1. The first-order valence-corrected chi connectivity index (χ1v) is 13.3. The summed E-state index contributed by atoms with van der Waals surface area (Å²) in [7, 11) is 0. The van der Waals surface area contributed by atoms with Crippen molar-refractivity contribution in [1.82, 2.24) is 30.6 Å². The molecule has 5 aromatic rings. The molecule has 10 heteroatoms. The van der Waals surface area contributed by atoms with Gasteiger partial charge < -0.3 is 10.2 Å². The molecule has 0 radical (unpaired) electrons. The van der Waals surface area contributed by atoms with Gasteiger partial charge in [0.25, 0.3) is 0 Å². The molecule has 2 aromatic carbocycles. The van der Waals surface area contributed by atoms with Crippen molar-refractivity contribution in [2.24, 2.45) is 0 Å². The molecule has 3 heterocycles. The summed E-state index contributed by atoms with van der Waals surface area (Å²) in [4.78, 5) is 24.7. The largest absolute Gasteiger partial charge is 0.352 e. The molecule has 0 saturated carbocycles. The lowest BCUT2D eigenvalue weighted by Gasteiger charge is -2.25. The number of thiazole rings is 1. The van der Waals surface area contributed by atoms with E-state index in [9.17, 15) is 4.79 Å². The number of nitrogens with zero attached hydrogens (tertiary/aromatic N) is 6. The van der Waals surface area contributed by atoms with E-state index in [1.807, 2.05) is 66.9 Å². The number of carbonyl (C=O) groups excluding carboxylic acids is 1. The van der Waals surface area contributed by atoms with Crippen molar-refractivity contribution in [3.63, 3.8) is 0 Å². The van der Waals surface area contributed by atoms with Crippen molar-refractivity contribution in [2.75, 3.05) is 16.8 Å². The fraction of sp³-hybridized carbons (Fsp3) is 0.214. The molecule has 3 aromatic heterocycles. The smallest absolute Gasteiger partial charge is 0.230 e. The number of benzene rings is 2. The fourth-order valence-electron chi connectivity index (χ4n) is 4.27. The van der Waals surface area contributed by atoms with E-state index in [1.54, 1.807) is 0 Å². The van der Waals surface area contributed by atoms with Crippen LogP contribution >= 0.6 is 11.3 Å². The standard InChI is InChI=1S/C28H28N8OS/c1-3-13-36(17-20-9-5-4-6-10-20)26-15-21(30-27(37)16-22-18-38-19(2)29-22)14-25(31-26)23-11-7-8-12-24(23)28-32-34-35-33-28/h4-12,14-15,18H,3,13,16-17H2,1-2H3,(H,30,31,37)(H,32,33,34,35). The molecule has 0 saturated heterocycles. The lowest BCUT2D eigenvalue weighted by molar-refractivity contribution is -0.115. The number of hydrogen-bond donors (Lipinski definition) is 2. The number of tetrazole rings is 1. The van der Waals surface area contributed by atoms with E-state index >= 15 is 0 Å². The molecule has 0 aliphatic heterocycles. The van der Waals surface area contributed by atoms with Gasteiger partial charge in [-0.25, -0.2) is 9.97 Å². The normalized spacial score (nSPS) is 10.9. The first-order valence-electron chi connectivity index (χ1n) is 12.4. The molecule has 192 valence electrons. The Morgan fingerprint density at radius 3 is 2.53 bits per heavy atom. The van der Waals surface area contributed by atoms with E-state index in [0.29, 0.717) is 23.8 Å². The van der Waals surface area contributed by atoms with Crippen LogP contribution < -0.4 is 10.2 Å². The summed E-state index contributed by atoms with van der Waals surface area (Å²) in [6.45, 7) is 5.59. The molecule has 0 bridgehead atoms. The molecule has 0 aliphatic rings. The number of aromatic nitrogens is 6. The van der Waals surface area contributed by atoms with Crippen molar-refractivity contribution in [1.29, 1.82) is 0 Å². The molecule has 9 nitrogen and oxygen atoms in total. The highest BCUT2D eigenvalue weighted by atomic mass is 32.1. The number of aromatic amines is 1. The van der Waals surface area contributed by atoms with Crippen molar-refractivity contribution in [3.8, 4) is 22.6 Å². The second kappa shape index (κ2) is 11.7. The van der Waals surface area contributed by atoms with Gasteiger partial charge in [-0.3, -0.25) is 4.79 Å². The summed E-state index contributed by atoms with van der Waals surface area (Å²) in [5, 5.41) is 20.5. The molecule has 0 atom stereocenters. The number of anilines is 2. The predicted octanol–water partition coefficient (Wildman–Crippen LogP) is 5.29. The predicted molar refractivity (Wildman–Crippen MR) is 150 cm³/mol. The van der Waals surface area contributed by atoms with Crippen LogP contribution in [0.25, 0.3) is 22.6 Å². The second-order valence-corrected chi connectivity index (χ2v) is 9.93. The van der Waals surface area contributed by atoms with Crippen LogP contribution in [0.5, 0.6) is 0 Å². The third-order valence-electron chi connectivity index (χ3n) is 5.93. The van der Waals surface area contributed by atoms with Crippen LogP contribution in [-0.4, -0.2) is 43.0 Å². The molecule has 0 aliphatic carbocycles. The Morgan fingerprint density at radius 2 is 1.82 bits per heavy atom. The summed E-state index contributed by atoms with van der Waals surface area (Å²) < 4.78 is 0. The highest BCUT2D eigenvalue weighted by Crippen LogP contribution is 2.32. The van der Waals surface area contributed by atoms with Crippen LogP contribution in [0.1, 0.15) is 29.6 Å². The third kappa shape index (κ3) is 6.09. The van der Waals surface area contributed by atoms with Crippen molar-refractivity contribution < 1.29 is 4.79 Å². The zero-order valence-electron chi connectivity index (χ0n) is 21.3. The van der Waals surface area contributed by atoms with E-state index in [-0.39, 0.29) is 12.3 Å². The van der Waals surface area contributed by atoms with Crippen LogP contribution in [0.15, 0.2) is 72.1 Å². The summed E-state index contributed by atoms with van der Waals surface area (Å²) in [5.41, 5.74) is 4.96. The van der Waals surface area contributed by atoms with Gasteiger partial charge in [-0.05, 0) is 30.2 Å². The first-order chi connectivity index (χ1) is 18.6. The fourth-order valence-corrected chi connectivity index (χ4v) is 4.89. The highest BCUT2D eigenvalue weighted by Gasteiger charge is 2.17. The van der Waals surface area contributed by atoms with E-state index < -0.39 is 0 Å². The zero-order valence-corrected chi connectivity index (χ0v) is 22.1. The highest BCUT2D eigenvalue weighted by molar-refractivity contribution is 7.09. The summed E-state index contributed by atoms with van der Waals surface area (Å²) in [5.74, 6) is 1.12. The number of hydrogen-bond acceptors (Lipinski definition) is 8. The maximum Gasteiger partial charge on any atom is 0.230 e. The van der Waals surface area contributed by atoms with Gasteiger partial charge in [0.05, 0.1) is 22.8 Å². The Labute approximate surface area is 225 Å². The lowest BCUT2D eigenvalue weighted by atomic mass is 10.0. The Hall–Kier alpha value is -4.44. The van der Waals surface area contributed by atoms with Gasteiger partial charge in [0, 0.05) is 41.4 Å². The Kier molecular flexibility index (Phi) is 7.79. The molecular weight excluding hydrogens is 496 g/mol. The number of H-pyrrole nitrogens is 1. The topological polar surface area (TPSA) is 113 Å².